The zero-order valence-electron chi connectivity index (χ0n) is 9.78. The molecule has 0 aliphatic carbocycles. The number of aliphatic hydroxyl groups excluding tert-OH is 1. The zero-order chi connectivity index (χ0) is 13.4. The Morgan fingerprint density at radius 3 is 2.39 bits per heavy atom. The van der Waals surface area contributed by atoms with Crippen LogP contribution in [-0.2, 0) is 20.1 Å². The van der Waals surface area contributed by atoms with E-state index < -0.39 is 11.8 Å². The fraction of sp³-hybridized carbons (Fsp3) is 0.417. The minimum absolute atomic E-state index is 0.0863. The first-order valence-electron chi connectivity index (χ1n) is 5.45. The van der Waals surface area contributed by atoms with Crippen molar-refractivity contribution in [3.05, 3.63) is 35.9 Å². The van der Waals surface area contributed by atoms with Gasteiger partial charge in [-0.05, 0) is 0 Å². The molecule has 0 saturated carbocycles. The number of aliphatic hydroxyl groups is 2. The number of hydrogen-bond acceptors (Lipinski definition) is 5. The summed E-state index contributed by atoms with van der Waals surface area (Å²) in [5.74, 6) is -3.88. The highest BCUT2D eigenvalue weighted by molar-refractivity contribution is 5.77. The van der Waals surface area contributed by atoms with Gasteiger partial charge >= 0.3 is 5.97 Å². The van der Waals surface area contributed by atoms with Gasteiger partial charge in [-0.3, -0.25) is 0 Å². The van der Waals surface area contributed by atoms with Gasteiger partial charge in [0.25, 0.3) is 5.79 Å². The molecule has 0 aliphatic rings. The van der Waals surface area contributed by atoms with Crippen molar-refractivity contribution < 1.29 is 29.6 Å². The first kappa shape index (κ1) is 14.6. The second-order valence-electron chi connectivity index (χ2n) is 3.50. The second-order valence-corrected chi connectivity index (χ2v) is 3.50. The lowest BCUT2D eigenvalue weighted by molar-refractivity contribution is -0.232. The van der Waals surface area contributed by atoms with E-state index in [9.17, 15) is 9.90 Å². The summed E-state index contributed by atoms with van der Waals surface area (Å²) < 4.78 is 9.89. The maximum atomic E-state index is 11.1. The number of aliphatic carboxylic acids is 1. The molecule has 1 atom stereocenters. The molecule has 18 heavy (non-hydrogen) atoms. The van der Waals surface area contributed by atoms with E-state index in [0.717, 1.165) is 0 Å². The molecule has 0 aromatic heterocycles. The molecule has 1 unspecified atom stereocenters. The Balaban J connectivity index is 2.62. The second kappa shape index (κ2) is 7.07. The first-order chi connectivity index (χ1) is 8.61. The molecule has 0 saturated heterocycles. The van der Waals surface area contributed by atoms with Crippen LogP contribution in [0.25, 0.3) is 0 Å². The third-order valence-corrected chi connectivity index (χ3v) is 2.23. The third-order valence-electron chi connectivity index (χ3n) is 2.23. The minimum atomic E-state index is -2.39. The summed E-state index contributed by atoms with van der Waals surface area (Å²) in [6.45, 7) is 0.00274. The molecule has 1 rings (SSSR count). The van der Waals surface area contributed by atoms with E-state index in [1.807, 2.05) is 0 Å². The molecule has 100 valence electrons. The number of hydrogen-bond donors (Lipinski definition) is 3. The van der Waals surface area contributed by atoms with Crippen molar-refractivity contribution in [2.45, 2.75) is 5.79 Å². The normalized spacial score (nSPS) is 14.1. The molecule has 3 N–H and O–H groups in total. The van der Waals surface area contributed by atoms with E-state index in [-0.39, 0.29) is 32.0 Å². The Labute approximate surface area is 104 Å². The molecule has 6 heteroatoms. The summed E-state index contributed by atoms with van der Waals surface area (Å²) in [5, 5.41) is 27.5. The quantitative estimate of drug-likeness (QED) is 0.445. The SMILES string of the molecule is O=C(O)C(O)(OCCOCCO)c1ccccc1. The van der Waals surface area contributed by atoms with Crippen molar-refractivity contribution in [3.8, 4) is 0 Å². The molecular formula is C12H16O6. The summed E-state index contributed by atoms with van der Waals surface area (Å²) in [7, 11) is 0. The number of carboxylic acid groups (broad SMARTS) is 1. The molecule has 1 aromatic rings. The van der Waals surface area contributed by atoms with Crippen LogP contribution in [0.2, 0.25) is 0 Å². The van der Waals surface area contributed by atoms with Gasteiger partial charge < -0.3 is 24.8 Å². The standard InChI is InChI=1S/C12H16O6/c13-6-7-17-8-9-18-12(16,11(14)15)10-4-2-1-3-5-10/h1-5,13,16H,6-9H2,(H,14,15). The predicted molar refractivity (Wildman–Crippen MR) is 61.8 cm³/mol. The average Bonchev–Trinajstić information content (AvgIpc) is 2.39. The summed E-state index contributed by atoms with van der Waals surface area (Å²) in [6, 6.07) is 7.84. The van der Waals surface area contributed by atoms with Crippen molar-refractivity contribution in [2.75, 3.05) is 26.4 Å². The maximum Gasteiger partial charge on any atom is 0.369 e. The van der Waals surface area contributed by atoms with Gasteiger partial charge in [-0.2, -0.15) is 0 Å². The lowest BCUT2D eigenvalue weighted by atomic mass is 10.1. The van der Waals surface area contributed by atoms with Crippen LogP contribution in [0.1, 0.15) is 5.56 Å². The molecular weight excluding hydrogens is 240 g/mol. The van der Waals surface area contributed by atoms with Gasteiger partial charge in [0, 0.05) is 5.56 Å². The largest absolute Gasteiger partial charge is 0.477 e. The molecule has 1 aromatic carbocycles. The fourth-order valence-corrected chi connectivity index (χ4v) is 1.35. The lowest BCUT2D eigenvalue weighted by Gasteiger charge is -2.23. The molecule has 0 fully saturated rings. The van der Waals surface area contributed by atoms with E-state index in [1.54, 1.807) is 18.2 Å². The number of carboxylic acids is 1. The van der Waals surface area contributed by atoms with Gasteiger partial charge in [-0.25, -0.2) is 4.79 Å². The van der Waals surface area contributed by atoms with Crippen LogP contribution in [0.15, 0.2) is 30.3 Å². The van der Waals surface area contributed by atoms with E-state index in [0.29, 0.717) is 0 Å². The van der Waals surface area contributed by atoms with Gasteiger partial charge in [0.05, 0.1) is 26.4 Å². The Morgan fingerprint density at radius 1 is 1.17 bits per heavy atom. The molecule has 0 spiro atoms. The third kappa shape index (κ3) is 3.78. The average molecular weight is 256 g/mol. The Morgan fingerprint density at radius 2 is 1.83 bits per heavy atom. The van der Waals surface area contributed by atoms with Crippen LogP contribution >= 0.6 is 0 Å². The lowest BCUT2D eigenvalue weighted by Crippen LogP contribution is -2.39. The highest BCUT2D eigenvalue weighted by atomic mass is 16.7. The van der Waals surface area contributed by atoms with Gasteiger partial charge in [-0.1, -0.05) is 30.3 Å². The Bertz CT molecular complexity index is 366. The monoisotopic (exact) mass is 256 g/mol. The molecule has 0 radical (unpaired) electrons. The van der Waals surface area contributed by atoms with E-state index in [2.05, 4.69) is 0 Å². The van der Waals surface area contributed by atoms with Crippen LogP contribution < -0.4 is 0 Å². The van der Waals surface area contributed by atoms with Crippen LogP contribution in [0.5, 0.6) is 0 Å². The number of ether oxygens (including phenoxy) is 2. The van der Waals surface area contributed by atoms with Crippen LogP contribution in [-0.4, -0.2) is 47.7 Å². The fourth-order valence-electron chi connectivity index (χ4n) is 1.35. The number of benzene rings is 1. The molecule has 0 bridgehead atoms. The van der Waals surface area contributed by atoms with Gasteiger partial charge in [0.15, 0.2) is 0 Å². The van der Waals surface area contributed by atoms with Crippen molar-refractivity contribution in [1.82, 2.24) is 0 Å². The topological polar surface area (TPSA) is 96.2 Å². The van der Waals surface area contributed by atoms with E-state index >= 15 is 0 Å². The zero-order valence-corrected chi connectivity index (χ0v) is 9.78. The van der Waals surface area contributed by atoms with Crippen molar-refractivity contribution in [3.63, 3.8) is 0 Å². The molecule has 0 heterocycles. The molecule has 0 amide bonds. The summed E-state index contributed by atoms with van der Waals surface area (Å²) >= 11 is 0. The minimum Gasteiger partial charge on any atom is -0.477 e. The smallest absolute Gasteiger partial charge is 0.369 e. The summed E-state index contributed by atoms with van der Waals surface area (Å²) in [6.07, 6.45) is 0. The van der Waals surface area contributed by atoms with Crippen molar-refractivity contribution in [2.24, 2.45) is 0 Å². The number of carbonyl (C=O) groups is 1. The van der Waals surface area contributed by atoms with Gasteiger partial charge in [0.1, 0.15) is 0 Å². The van der Waals surface area contributed by atoms with Crippen LogP contribution in [0, 0.1) is 0 Å². The number of rotatable bonds is 8. The Kier molecular flexibility index (Phi) is 5.73. The summed E-state index contributed by atoms with van der Waals surface area (Å²) in [4.78, 5) is 11.1. The predicted octanol–water partition coefficient (Wildman–Crippen LogP) is -0.0582. The molecule has 0 aliphatic heterocycles. The first-order valence-corrected chi connectivity index (χ1v) is 5.45. The van der Waals surface area contributed by atoms with Crippen LogP contribution in [0.3, 0.4) is 0 Å². The van der Waals surface area contributed by atoms with Gasteiger partial charge in [-0.15, -0.1) is 0 Å². The van der Waals surface area contributed by atoms with Crippen molar-refractivity contribution >= 4 is 5.97 Å². The maximum absolute atomic E-state index is 11.1. The highest BCUT2D eigenvalue weighted by Gasteiger charge is 2.39. The highest BCUT2D eigenvalue weighted by Crippen LogP contribution is 2.22. The summed E-state index contributed by atoms with van der Waals surface area (Å²) in [5.41, 5.74) is 0.139. The van der Waals surface area contributed by atoms with Crippen LogP contribution in [0.4, 0.5) is 0 Å². The van der Waals surface area contributed by atoms with Gasteiger partial charge in [0.2, 0.25) is 0 Å². The van der Waals surface area contributed by atoms with E-state index in [4.69, 9.17) is 19.7 Å². The van der Waals surface area contributed by atoms with Crippen molar-refractivity contribution in [1.29, 1.82) is 0 Å². The molecule has 6 nitrogen and oxygen atoms in total. The van der Waals surface area contributed by atoms with E-state index in [1.165, 1.54) is 12.1 Å². The Hall–Kier alpha value is -1.47.